The highest BCUT2D eigenvalue weighted by molar-refractivity contribution is 7.90. The molecule has 0 spiro atoms. The molecule has 0 unspecified atom stereocenters. The Hall–Kier alpha value is -2.32. The molecule has 1 saturated heterocycles. The van der Waals surface area contributed by atoms with Crippen LogP contribution in [0, 0.1) is 0 Å². The van der Waals surface area contributed by atoms with Gasteiger partial charge in [-0.25, -0.2) is 21.2 Å². The van der Waals surface area contributed by atoms with Crippen LogP contribution >= 0.6 is 11.6 Å². The van der Waals surface area contributed by atoms with Gasteiger partial charge in [0, 0.05) is 40.9 Å². The SMILES string of the molecule is COc1ccc(S(=O)(=O)n2cc(C(F)F)c3c(N4CCCCC4)cc(Cl)cc32)cc1. The van der Waals surface area contributed by atoms with E-state index in [1.807, 2.05) is 4.90 Å². The monoisotopic (exact) mass is 454 g/mol. The van der Waals surface area contributed by atoms with Crippen LogP contribution in [0.2, 0.25) is 5.02 Å². The Bertz CT molecular complexity index is 1170. The number of anilines is 1. The molecular formula is C21H21ClF2N2O3S. The van der Waals surface area contributed by atoms with Gasteiger partial charge >= 0.3 is 0 Å². The first-order valence-electron chi connectivity index (χ1n) is 9.60. The molecule has 0 atom stereocenters. The fourth-order valence-corrected chi connectivity index (χ4v) is 5.49. The second kappa shape index (κ2) is 8.07. The molecule has 1 fully saturated rings. The molecule has 0 bridgehead atoms. The number of fused-ring (bicyclic) bond motifs is 1. The molecule has 30 heavy (non-hydrogen) atoms. The quantitative estimate of drug-likeness (QED) is 0.513. The topological polar surface area (TPSA) is 51.5 Å². The normalized spacial score (nSPS) is 15.2. The minimum atomic E-state index is -4.12. The van der Waals surface area contributed by atoms with Crippen molar-refractivity contribution in [3.63, 3.8) is 0 Å². The molecule has 160 valence electrons. The van der Waals surface area contributed by atoms with E-state index in [0.717, 1.165) is 29.4 Å². The van der Waals surface area contributed by atoms with E-state index in [9.17, 15) is 17.2 Å². The highest BCUT2D eigenvalue weighted by atomic mass is 35.5. The predicted octanol–water partition coefficient (Wildman–Crippen LogP) is 5.47. The van der Waals surface area contributed by atoms with E-state index >= 15 is 0 Å². The maximum Gasteiger partial charge on any atom is 0.268 e. The number of nitrogens with zero attached hydrogens (tertiary/aromatic N) is 2. The lowest BCUT2D eigenvalue weighted by molar-refractivity contribution is 0.153. The number of hydrogen-bond acceptors (Lipinski definition) is 4. The predicted molar refractivity (Wildman–Crippen MR) is 114 cm³/mol. The Kier molecular flexibility index (Phi) is 5.63. The molecule has 2 aromatic carbocycles. The lowest BCUT2D eigenvalue weighted by Gasteiger charge is -2.30. The van der Waals surface area contributed by atoms with Gasteiger partial charge in [0.25, 0.3) is 16.4 Å². The van der Waals surface area contributed by atoms with Crippen molar-refractivity contribution in [3.8, 4) is 5.75 Å². The van der Waals surface area contributed by atoms with Gasteiger partial charge in [0.2, 0.25) is 0 Å². The van der Waals surface area contributed by atoms with Crippen molar-refractivity contribution in [3.05, 3.63) is 53.2 Å². The van der Waals surface area contributed by atoms with Gasteiger partial charge < -0.3 is 9.64 Å². The average molecular weight is 455 g/mol. The van der Waals surface area contributed by atoms with Gasteiger partial charge in [0.15, 0.2) is 0 Å². The van der Waals surface area contributed by atoms with Gasteiger partial charge in [-0.2, -0.15) is 0 Å². The third-order valence-electron chi connectivity index (χ3n) is 5.39. The van der Waals surface area contributed by atoms with Crippen LogP contribution in [0.5, 0.6) is 5.75 Å². The van der Waals surface area contributed by atoms with Crippen LogP contribution in [-0.2, 0) is 10.0 Å². The van der Waals surface area contributed by atoms with Crippen LogP contribution in [-0.4, -0.2) is 32.6 Å². The first-order valence-corrected chi connectivity index (χ1v) is 11.4. The van der Waals surface area contributed by atoms with E-state index in [1.54, 1.807) is 6.07 Å². The van der Waals surface area contributed by atoms with Gasteiger partial charge in [0.1, 0.15) is 5.75 Å². The molecular weight excluding hydrogens is 434 g/mol. The maximum atomic E-state index is 14.0. The largest absolute Gasteiger partial charge is 0.497 e. The molecule has 4 rings (SSSR count). The first-order chi connectivity index (χ1) is 14.3. The number of aromatic nitrogens is 1. The van der Waals surface area contributed by atoms with E-state index in [0.29, 0.717) is 29.5 Å². The summed E-state index contributed by atoms with van der Waals surface area (Å²) in [5, 5.41) is 0.529. The smallest absolute Gasteiger partial charge is 0.268 e. The summed E-state index contributed by atoms with van der Waals surface area (Å²) in [4.78, 5) is 1.98. The zero-order chi connectivity index (χ0) is 21.5. The molecule has 0 N–H and O–H groups in total. The lowest BCUT2D eigenvalue weighted by Crippen LogP contribution is -2.29. The number of hydrogen-bond donors (Lipinski definition) is 0. The zero-order valence-electron chi connectivity index (χ0n) is 16.3. The third kappa shape index (κ3) is 3.63. The van der Waals surface area contributed by atoms with Gasteiger partial charge in [0.05, 0.1) is 17.5 Å². The van der Waals surface area contributed by atoms with Gasteiger partial charge in [-0.1, -0.05) is 11.6 Å². The molecule has 0 saturated carbocycles. The summed E-state index contributed by atoms with van der Waals surface area (Å²) in [7, 11) is -2.64. The van der Waals surface area contributed by atoms with Gasteiger partial charge in [-0.3, -0.25) is 0 Å². The van der Waals surface area contributed by atoms with E-state index < -0.39 is 16.4 Å². The van der Waals surface area contributed by atoms with Crippen molar-refractivity contribution in [1.82, 2.24) is 3.97 Å². The Morgan fingerprint density at radius 3 is 2.33 bits per heavy atom. The van der Waals surface area contributed by atoms with Crippen molar-refractivity contribution >= 4 is 38.2 Å². The number of halogens is 3. The Labute approximate surface area is 178 Å². The summed E-state index contributed by atoms with van der Waals surface area (Å²) in [5.74, 6) is 0.495. The molecule has 0 amide bonds. The number of benzene rings is 2. The fraction of sp³-hybridized carbons (Fsp3) is 0.333. The van der Waals surface area contributed by atoms with Crippen LogP contribution in [0.25, 0.3) is 10.9 Å². The minimum absolute atomic E-state index is 0.0273. The summed E-state index contributed by atoms with van der Waals surface area (Å²) < 4.78 is 60.5. The fourth-order valence-electron chi connectivity index (χ4n) is 3.92. The van der Waals surface area contributed by atoms with E-state index in [2.05, 4.69) is 0 Å². The standard InChI is InChI=1S/C21H21ClF2N2O3S/c1-29-15-5-7-16(8-6-15)30(27,28)26-13-17(21(23)24)20-18(11-14(22)12-19(20)26)25-9-3-2-4-10-25/h5-8,11-13,21H,2-4,9-10H2,1H3. The Morgan fingerprint density at radius 1 is 1.07 bits per heavy atom. The third-order valence-corrected chi connectivity index (χ3v) is 7.30. The van der Waals surface area contributed by atoms with Crippen molar-refractivity contribution in [2.75, 3.05) is 25.1 Å². The molecule has 1 aliphatic heterocycles. The number of alkyl halides is 2. The van der Waals surface area contributed by atoms with Crippen molar-refractivity contribution in [2.45, 2.75) is 30.6 Å². The van der Waals surface area contributed by atoms with E-state index in [1.165, 1.54) is 37.4 Å². The zero-order valence-corrected chi connectivity index (χ0v) is 17.9. The van der Waals surface area contributed by atoms with E-state index in [4.69, 9.17) is 16.3 Å². The second-order valence-corrected chi connectivity index (χ2v) is 9.48. The highest BCUT2D eigenvalue weighted by Gasteiger charge is 2.28. The van der Waals surface area contributed by atoms with Crippen LogP contribution < -0.4 is 9.64 Å². The minimum Gasteiger partial charge on any atom is -0.497 e. The second-order valence-electron chi connectivity index (χ2n) is 7.23. The maximum absolute atomic E-state index is 14.0. The van der Waals surface area contributed by atoms with Crippen LogP contribution in [0.4, 0.5) is 14.5 Å². The van der Waals surface area contributed by atoms with Crippen LogP contribution in [0.15, 0.2) is 47.5 Å². The molecule has 9 heteroatoms. The van der Waals surface area contributed by atoms with Crippen LogP contribution in [0.1, 0.15) is 31.3 Å². The number of ether oxygens (including phenoxy) is 1. The molecule has 5 nitrogen and oxygen atoms in total. The summed E-state index contributed by atoms with van der Waals surface area (Å²) in [6.45, 7) is 1.43. The number of rotatable bonds is 5. The van der Waals surface area contributed by atoms with Crippen molar-refractivity contribution < 1.29 is 21.9 Å². The average Bonchev–Trinajstić information content (AvgIpc) is 3.14. The molecule has 0 radical (unpaired) electrons. The van der Waals surface area contributed by atoms with Crippen molar-refractivity contribution in [1.29, 1.82) is 0 Å². The molecule has 1 aromatic heterocycles. The number of methoxy groups -OCH3 is 1. The van der Waals surface area contributed by atoms with Crippen molar-refractivity contribution in [2.24, 2.45) is 0 Å². The van der Waals surface area contributed by atoms with E-state index in [-0.39, 0.29) is 21.4 Å². The highest BCUT2D eigenvalue weighted by Crippen LogP contribution is 2.40. The summed E-state index contributed by atoms with van der Waals surface area (Å²) in [6.07, 6.45) is 1.16. The summed E-state index contributed by atoms with van der Waals surface area (Å²) in [6, 6.07) is 8.87. The first kappa shape index (κ1) is 20.9. The lowest BCUT2D eigenvalue weighted by atomic mass is 10.1. The Morgan fingerprint density at radius 2 is 1.73 bits per heavy atom. The summed E-state index contributed by atoms with van der Waals surface area (Å²) >= 11 is 6.30. The van der Waals surface area contributed by atoms with Crippen LogP contribution in [0.3, 0.4) is 0 Å². The molecule has 0 aliphatic carbocycles. The molecule has 2 heterocycles. The molecule has 1 aliphatic rings. The Balaban J connectivity index is 1.95. The summed E-state index contributed by atoms with van der Waals surface area (Å²) in [5.41, 5.74) is 0.379. The van der Waals surface area contributed by atoms with Gasteiger partial charge in [-0.15, -0.1) is 0 Å². The van der Waals surface area contributed by atoms with Gasteiger partial charge in [-0.05, 0) is 55.7 Å². The molecule has 3 aromatic rings. The number of piperidine rings is 1.